The van der Waals surface area contributed by atoms with Gasteiger partial charge in [0.25, 0.3) is 5.91 Å². The zero-order chi connectivity index (χ0) is 19.7. The maximum Gasteiger partial charge on any atom is 0.338 e. The Kier molecular flexibility index (Phi) is 8.20. The van der Waals surface area contributed by atoms with Gasteiger partial charge in [0, 0.05) is 12.4 Å². The van der Waals surface area contributed by atoms with Crippen molar-refractivity contribution >= 4 is 23.6 Å². The molecule has 1 heterocycles. The van der Waals surface area contributed by atoms with E-state index in [1.165, 1.54) is 18.4 Å². The smallest absolute Gasteiger partial charge is 0.338 e. The lowest BCUT2D eigenvalue weighted by atomic mass is 10.0. The van der Waals surface area contributed by atoms with E-state index in [2.05, 4.69) is 10.6 Å². The number of rotatable bonds is 9. The Morgan fingerprint density at radius 1 is 1.27 bits per heavy atom. The highest BCUT2D eigenvalue weighted by Gasteiger charge is 2.31. The average Bonchev–Trinajstić information content (AvgIpc) is 2.86. The molecule has 142 valence electrons. The maximum absolute atomic E-state index is 12.6. The molecule has 3 N–H and O–H groups in total. The highest BCUT2D eigenvalue weighted by Crippen LogP contribution is 2.13. The predicted molar refractivity (Wildman–Crippen MR) is 89.4 cm³/mol. The van der Waals surface area contributed by atoms with Gasteiger partial charge in [0.2, 0.25) is 0 Å². The van der Waals surface area contributed by atoms with Gasteiger partial charge in [-0.2, -0.15) is 0 Å². The van der Waals surface area contributed by atoms with E-state index < -0.39 is 54.8 Å². The van der Waals surface area contributed by atoms with E-state index in [9.17, 15) is 23.6 Å². The van der Waals surface area contributed by atoms with Crippen molar-refractivity contribution in [1.82, 2.24) is 10.6 Å². The molecule has 9 heteroatoms. The van der Waals surface area contributed by atoms with Crippen molar-refractivity contribution < 1.29 is 33.4 Å². The number of carbonyl (C=O) groups is 4. The summed E-state index contributed by atoms with van der Waals surface area (Å²) in [6.07, 6.45) is 5.56. The summed E-state index contributed by atoms with van der Waals surface area (Å²) in [4.78, 5) is 46.9. The summed E-state index contributed by atoms with van der Waals surface area (Å²) in [7, 11) is 0. The lowest BCUT2D eigenvalue weighted by Crippen LogP contribution is -2.49. The molecule has 0 bridgehead atoms. The van der Waals surface area contributed by atoms with Crippen LogP contribution in [0.1, 0.15) is 20.3 Å². The molecule has 0 saturated heterocycles. The number of carboxylic acid groups (broad SMARTS) is 1. The van der Waals surface area contributed by atoms with E-state index in [-0.39, 0.29) is 5.57 Å². The highest BCUT2D eigenvalue weighted by molar-refractivity contribution is 5.96. The van der Waals surface area contributed by atoms with Crippen molar-refractivity contribution in [3.05, 3.63) is 36.2 Å². The average molecular weight is 368 g/mol. The first-order chi connectivity index (χ1) is 12.3. The molecule has 1 aliphatic rings. The second-order valence-electron chi connectivity index (χ2n) is 5.81. The summed E-state index contributed by atoms with van der Waals surface area (Å²) in [5.41, 5.74) is 0.187. The first-order valence-corrected chi connectivity index (χ1v) is 7.87. The summed E-state index contributed by atoms with van der Waals surface area (Å²) in [5, 5.41) is 13.7. The minimum absolute atomic E-state index is 0.187. The van der Waals surface area contributed by atoms with Crippen molar-refractivity contribution in [2.24, 2.45) is 5.92 Å². The fourth-order valence-electron chi connectivity index (χ4n) is 2.04. The lowest BCUT2D eigenvalue weighted by Gasteiger charge is -2.23. The fraction of sp³-hybridized carbons (Fsp3) is 0.412. The molecule has 1 amide bonds. The lowest BCUT2D eigenvalue weighted by molar-refractivity contribution is -0.155. The van der Waals surface area contributed by atoms with Crippen molar-refractivity contribution in [1.29, 1.82) is 0 Å². The van der Waals surface area contributed by atoms with Gasteiger partial charge in [-0.05, 0) is 24.1 Å². The fourth-order valence-corrected chi connectivity index (χ4v) is 2.04. The Labute approximate surface area is 149 Å². The highest BCUT2D eigenvalue weighted by atomic mass is 19.1. The Morgan fingerprint density at radius 2 is 1.96 bits per heavy atom. The standard InChI is InChI=1S/C17H21FN2O6/c1-10(2)15(26-17(25)11-4-3-6-19-7-5-11)16(24)20-12(8-14(22)23)13(21)9-18/h3-7,10,12,15,19H,8-9H2,1-2H3,(H,20,24)(H,22,23). The van der Waals surface area contributed by atoms with E-state index in [0.29, 0.717) is 0 Å². The molecule has 2 unspecified atom stereocenters. The number of carboxylic acids is 1. The normalized spacial score (nSPS) is 15.3. The molecule has 0 spiro atoms. The van der Waals surface area contributed by atoms with Gasteiger partial charge in [-0.25, -0.2) is 9.18 Å². The van der Waals surface area contributed by atoms with E-state index in [0.717, 1.165) is 0 Å². The maximum atomic E-state index is 12.6. The van der Waals surface area contributed by atoms with E-state index >= 15 is 0 Å². The number of carbonyl (C=O) groups excluding carboxylic acids is 3. The number of halogens is 1. The summed E-state index contributed by atoms with van der Waals surface area (Å²) < 4.78 is 17.8. The number of allylic oxidation sites excluding steroid dienone is 2. The molecule has 0 fully saturated rings. The van der Waals surface area contributed by atoms with Crippen LogP contribution in [0.2, 0.25) is 0 Å². The van der Waals surface area contributed by atoms with Crippen LogP contribution in [0, 0.1) is 5.92 Å². The van der Waals surface area contributed by atoms with Crippen LogP contribution in [0.25, 0.3) is 0 Å². The van der Waals surface area contributed by atoms with Gasteiger partial charge in [-0.15, -0.1) is 0 Å². The molecule has 0 aromatic heterocycles. The van der Waals surface area contributed by atoms with Crippen LogP contribution >= 0.6 is 0 Å². The van der Waals surface area contributed by atoms with Crippen LogP contribution < -0.4 is 10.6 Å². The SMILES string of the molecule is CC(C)C(OC(=O)C1=CC=CNC=C1)C(=O)NC(CC(=O)O)C(=O)CF. The van der Waals surface area contributed by atoms with Crippen molar-refractivity contribution in [3.8, 4) is 0 Å². The van der Waals surface area contributed by atoms with E-state index in [4.69, 9.17) is 9.84 Å². The Morgan fingerprint density at radius 3 is 2.54 bits per heavy atom. The number of ether oxygens (including phenoxy) is 1. The Balaban J connectivity index is 2.87. The Hall–Kier alpha value is -2.97. The Bertz CT molecular complexity index is 654. The molecule has 1 rings (SSSR count). The number of hydrogen-bond acceptors (Lipinski definition) is 6. The van der Waals surface area contributed by atoms with Crippen molar-refractivity contribution in [2.75, 3.05) is 6.67 Å². The van der Waals surface area contributed by atoms with Crippen LogP contribution in [-0.2, 0) is 23.9 Å². The number of Topliss-reactive ketones (excluding diaryl/α,β-unsaturated/α-hetero) is 1. The molecule has 2 atom stereocenters. The molecule has 26 heavy (non-hydrogen) atoms. The summed E-state index contributed by atoms with van der Waals surface area (Å²) >= 11 is 0. The third-order valence-electron chi connectivity index (χ3n) is 3.38. The zero-order valence-electron chi connectivity index (χ0n) is 14.4. The van der Waals surface area contributed by atoms with Crippen molar-refractivity contribution in [2.45, 2.75) is 32.4 Å². The molecule has 0 aliphatic carbocycles. The third kappa shape index (κ3) is 6.50. The largest absolute Gasteiger partial charge is 0.481 e. The van der Waals surface area contributed by atoms with Crippen molar-refractivity contribution in [3.63, 3.8) is 0 Å². The predicted octanol–water partition coefficient (Wildman–Crippen LogP) is 0.609. The first kappa shape index (κ1) is 21.1. The number of hydrogen-bond donors (Lipinski definition) is 3. The van der Waals surface area contributed by atoms with Crippen LogP contribution in [0.4, 0.5) is 4.39 Å². The minimum Gasteiger partial charge on any atom is -0.481 e. The summed E-state index contributed by atoms with van der Waals surface area (Å²) in [6, 6.07) is -1.53. The summed E-state index contributed by atoms with van der Waals surface area (Å²) in [5.74, 6) is -4.54. The molecule has 0 radical (unpaired) electrons. The molecule has 0 saturated carbocycles. The van der Waals surface area contributed by atoms with Gasteiger partial charge in [0.15, 0.2) is 11.9 Å². The minimum atomic E-state index is -1.53. The second kappa shape index (κ2) is 10.1. The first-order valence-electron chi connectivity index (χ1n) is 7.87. The van der Waals surface area contributed by atoms with E-state index in [1.54, 1.807) is 26.1 Å². The third-order valence-corrected chi connectivity index (χ3v) is 3.38. The van der Waals surface area contributed by atoms with Crippen LogP contribution in [0.3, 0.4) is 0 Å². The number of amides is 1. The van der Waals surface area contributed by atoms with Gasteiger partial charge < -0.3 is 20.5 Å². The van der Waals surface area contributed by atoms with Gasteiger partial charge in [-0.3, -0.25) is 14.4 Å². The van der Waals surface area contributed by atoms with Crippen LogP contribution in [0.15, 0.2) is 36.2 Å². The van der Waals surface area contributed by atoms with Crippen LogP contribution in [0.5, 0.6) is 0 Å². The summed E-state index contributed by atoms with van der Waals surface area (Å²) in [6.45, 7) is 1.81. The number of nitrogens with one attached hydrogen (secondary N) is 2. The zero-order valence-corrected chi connectivity index (χ0v) is 14.4. The molecular weight excluding hydrogens is 347 g/mol. The number of ketones is 1. The van der Waals surface area contributed by atoms with Gasteiger partial charge in [0.05, 0.1) is 12.0 Å². The number of esters is 1. The number of alkyl halides is 1. The molecule has 1 aliphatic heterocycles. The second-order valence-corrected chi connectivity index (χ2v) is 5.81. The molecule has 0 aromatic carbocycles. The van der Waals surface area contributed by atoms with Gasteiger partial charge >= 0.3 is 11.9 Å². The number of aliphatic carboxylic acids is 1. The quantitative estimate of drug-likeness (QED) is 0.510. The topological polar surface area (TPSA) is 122 Å². The van der Waals surface area contributed by atoms with Gasteiger partial charge in [0.1, 0.15) is 12.7 Å². The van der Waals surface area contributed by atoms with E-state index in [1.807, 2.05) is 0 Å². The molecule has 0 aromatic rings. The monoisotopic (exact) mass is 368 g/mol. The molecule has 8 nitrogen and oxygen atoms in total. The van der Waals surface area contributed by atoms with Gasteiger partial charge in [-0.1, -0.05) is 13.8 Å². The van der Waals surface area contributed by atoms with Crippen LogP contribution in [-0.4, -0.2) is 47.6 Å². The molecular formula is C17H21FN2O6.